The van der Waals surface area contributed by atoms with Crippen LogP contribution in [-0.4, -0.2) is 55.8 Å². The van der Waals surface area contributed by atoms with Gasteiger partial charge in [0.15, 0.2) is 0 Å². The Kier molecular flexibility index (Phi) is 5.73. The Morgan fingerprint density at radius 1 is 1.14 bits per heavy atom. The van der Waals surface area contributed by atoms with E-state index in [4.69, 9.17) is 4.74 Å². The van der Waals surface area contributed by atoms with Gasteiger partial charge in [-0.3, -0.25) is 9.80 Å². The average Bonchev–Trinajstić information content (AvgIpc) is 2.40. The minimum Gasteiger partial charge on any atom is -0.496 e. The van der Waals surface area contributed by atoms with Crippen LogP contribution in [0.25, 0.3) is 0 Å². The van der Waals surface area contributed by atoms with Crippen molar-refractivity contribution in [2.24, 2.45) is 0 Å². The lowest BCUT2D eigenvalue weighted by molar-refractivity contribution is -0.149. The topological polar surface area (TPSA) is 15.7 Å². The average molecular weight is 414 g/mol. The van der Waals surface area contributed by atoms with Crippen LogP contribution in [0.5, 0.6) is 5.75 Å². The molecular weight excluding hydrogens is 396 g/mol. The maximum absolute atomic E-state index is 12.3. The zero-order chi connectivity index (χ0) is 15.5. The molecule has 0 radical (unpaired) electrons. The Hall–Kier alpha value is -0.540. The Morgan fingerprint density at radius 3 is 2.29 bits per heavy atom. The standard InChI is InChI=1S/C14H18F3IN2O/c1-21-13-3-2-11(8-12(13)18)9-19-4-6-20(7-5-19)10-14(15,16)17/h2-3,8H,4-7,9-10H2,1H3. The number of hydrogen-bond acceptors (Lipinski definition) is 3. The SMILES string of the molecule is COc1ccc(CN2CCN(CC(F)(F)F)CC2)cc1I. The van der Waals surface area contributed by atoms with Gasteiger partial charge < -0.3 is 4.74 Å². The monoisotopic (exact) mass is 414 g/mol. The summed E-state index contributed by atoms with van der Waals surface area (Å²) >= 11 is 2.22. The van der Waals surface area contributed by atoms with Crippen LogP contribution >= 0.6 is 22.6 Å². The highest BCUT2D eigenvalue weighted by Gasteiger charge is 2.32. The smallest absolute Gasteiger partial charge is 0.401 e. The summed E-state index contributed by atoms with van der Waals surface area (Å²) in [5, 5.41) is 0. The molecule has 21 heavy (non-hydrogen) atoms. The van der Waals surface area contributed by atoms with Crippen LogP contribution < -0.4 is 4.74 Å². The third-order valence-electron chi connectivity index (χ3n) is 3.49. The first kappa shape index (κ1) is 16.8. The van der Waals surface area contributed by atoms with Gasteiger partial charge in [0.2, 0.25) is 0 Å². The number of rotatable bonds is 4. The van der Waals surface area contributed by atoms with Gasteiger partial charge in [-0.05, 0) is 40.3 Å². The molecule has 1 fully saturated rings. The predicted molar refractivity (Wildman–Crippen MR) is 83.5 cm³/mol. The largest absolute Gasteiger partial charge is 0.496 e. The molecule has 1 aromatic carbocycles. The predicted octanol–water partition coefficient (Wildman–Crippen LogP) is 2.98. The molecule has 1 aliphatic rings. The molecule has 1 saturated heterocycles. The molecule has 0 N–H and O–H groups in total. The lowest BCUT2D eigenvalue weighted by Crippen LogP contribution is -2.48. The van der Waals surface area contributed by atoms with E-state index < -0.39 is 12.7 Å². The Bertz CT molecular complexity index is 474. The molecule has 0 saturated carbocycles. The fourth-order valence-electron chi connectivity index (χ4n) is 2.43. The van der Waals surface area contributed by atoms with E-state index in [1.165, 1.54) is 4.90 Å². The maximum Gasteiger partial charge on any atom is 0.401 e. The Morgan fingerprint density at radius 2 is 1.76 bits per heavy atom. The van der Waals surface area contributed by atoms with E-state index in [1.54, 1.807) is 7.11 Å². The number of methoxy groups -OCH3 is 1. The van der Waals surface area contributed by atoms with Crippen molar-refractivity contribution in [1.82, 2.24) is 9.80 Å². The molecule has 0 aliphatic carbocycles. The van der Waals surface area contributed by atoms with Crippen molar-refractivity contribution in [3.63, 3.8) is 0 Å². The second-order valence-corrected chi connectivity index (χ2v) is 6.30. The highest BCUT2D eigenvalue weighted by atomic mass is 127. The molecule has 7 heteroatoms. The molecule has 0 spiro atoms. The number of piperazine rings is 1. The normalized spacial score (nSPS) is 18.0. The van der Waals surface area contributed by atoms with E-state index in [9.17, 15) is 13.2 Å². The van der Waals surface area contributed by atoms with Gasteiger partial charge in [-0.25, -0.2) is 0 Å². The minimum atomic E-state index is -4.10. The maximum atomic E-state index is 12.3. The van der Waals surface area contributed by atoms with Crippen LogP contribution in [0.2, 0.25) is 0 Å². The van der Waals surface area contributed by atoms with E-state index in [-0.39, 0.29) is 0 Å². The Labute approximate surface area is 136 Å². The van der Waals surface area contributed by atoms with Crippen LogP contribution in [0.3, 0.4) is 0 Å². The summed E-state index contributed by atoms with van der Waals surface area (Å²) in [5.74, 6) is 0.842. The Balaban J connectivity index is 1.85. The molecule has 2 rings (SSSR count). The number of halogens is 4. The highest BCUT2D eigenvalue weighted by molar-refractivity contribution is 14.1. The fourth-order valence-corrected chi connectivity index (χ4v) is 3.23. The summed E-state index contributed by atoms with van der Waals surface area (Å²) in [4.78, 5) is 3.65. The molecular formula is C14H18F3IN2O. The summed E-state index contributed by atoms with van der Waals surface area (Å²) in [6.07, 6.45) is -4.10. The van der Waals surface area contributed by atoms with Crippen LogP contribution in [0, 0.1) is 3.57 Å². The number of benzene rings is 1. The first-order valence-corrected chi connectivity index (χ1v) is 7.79. The van der Waals surface area contributed by atoms with Gasteiger partial charge in [-0.1, -0.05) is 6.07 Å². The third-order valence-corrected chi connectivity index (χ3v) is 4.33. The summed E-state index contributed by atoms with van der Waals surface area (Å²) in [7, 11) is 1.64. The van der Waals surface area contributed by atoms with Crippen LogP contribution in [-0.2, 0) is 6.54 Å². The first-order chi connectivity index (χ1) is 9.87. The molecule has 0 unspecified atom stereocenters. The second-order valence-electron chi connectivity index (χ2n) is 5.14. The van der Waals surface area contributed by atoms with Gasteiger partial charge in [0.25, 0.3) is 0 Å². The van der Waals surface area contributed by atoms with Crippen molar-refractivity contribution < 1.29 is 17.9 Å². The molecule has 0 atom stereocenters. The van der Waals surface area contributed by atoms with E-state index in [0.717, 1.165) is 21.4 Å². The third kappa shape index (κ3) is 5.30. The van der Waals surface area contributed by atoms with Gasteiger partial charge in [0, 0.05) is 32.7 Å². The lowest BCUT2D eigenvalue weighted by atomic mass is 10.2. The van der Waals surface area contributed by atoms with Crippen molar-refractivity contribution in [2.75, 3.05) is 39.8 Å². The van der Waals surface area contributed by atoms with Gasteiger partial charge in [-0.15, -0.1) is 0 Å². The molecule has 3 nitrogen and oxygen atoms in total. The minimum absolute atomic E-state index is 0.465. The highest BCUT2D eigenvalue weighted by Crippen LogP contribution is 2.23. The molecule has 0 bridgehead atoms. The van der Waals surface area contributed by atoms with Gasteiger partial charge in [0.05, 0.1) is 17.2 Å². The van der Waals surface area contributed by atoms with E-state index in [2.05, 4.69) is 33.6 Å². The van der Waals surface area contributed by atoms with Crippen LogP contribution in [0.15, 0.2) is 18.2 Å². The molecule has 1 aromatic rings. The molecule has 118 valence electrons. The van der Waals surface area contributed by atoms with Crippen molar-refractivity contribution in [3.05, 3.63) is 27.3 Å². The van der Waals surface area contributed by atoms with E-state index in [1.807, 2.05) is 12.1 Å². The number of alkyl halides is 3. The lowest BCUT2D eigenvalue weighted by Gasteiger charge is -2.35. The molecule has 0 amide bonds. The summed E-state index contributed by atoms with van der Waals surface area (Å²) < 4.78 is 43.3. The zero-order valence-electron chi connectivity index (χ0n) is 11.8. The molecule has 0 aromatic heterocycles. The van der Waals surface area contributed by atoms with Gasteiger partial charge in [0.1, 0.15) is 5.75 Å². The number of ether oxygens (including phenoxy) is 1. The first-order valence-electron chi connectivity index (χ1n) is 6.71. The number of hydrogen-bond donors (Lipinski definition) is 0. The van der Waals surface area contributed by atoms with Crippen molar-refractivity contribution in [2.45, 2.75) is 12.7 Å². The van der Waals surface area contributed by atoms with Crippen LogP contribution in [0.1, 0.15) is 5.56 Å². The summed E-state index contributed by atoms with van der Waals surface area (Å²) in [6.45, 7) is 2.22. The van der Waals surface area contributed by atoms with E-state index >= 15 is 0 Å². The quantitative estimate of drug-likeness (QED) is 0.705. The summed E-state index contributed by atoms with van der Waals surface area (Å²) in [5.41, 5.74) is 1.16. The summed E-state index contributed by atoms with van der Waals surface area (Å²) in [6, 6.07) is 5.99. The van der Waals surface area contributed by atoms with Crippen molar-refractivity contribution in [3.8, 4) is 5.75 Å². The van der Waals surface area contributed by atoms with Gasteiger partial charge >= 0.3 is 6.18 Å². The van der Waals surface area contributed by atoms with Crippen molar-refractivity contribution >= 4 is 22.6 Å². The van der Waals surface area contributed by atoms with E-state index in [0.29, 0.717) is 26.2 Å². The number of nitrogens with zero attached hydrogens (tertiary/aromatic N) is 2. The van der Waals surface area contributed by atoms with Gasteiger partial charge in [-0.2, -0.15) is 13.2 Å². The van der Waals surface area contributed by atoms with Crippen molar-refractivity contribution in [1.29, 1.82) is 0 Å². The molecule has 1 aliphatic heterocycles. The molecule has 1 heterocycles. The zero-order valence-corrected chi connectivity index (χ0v) is 13.9. The fraction of sp³-hybridized carbons (Fsp3) is 0.571. The second kappa shape index (κ2) is 7.15. The van der Waals surface area contributed by atoms with Crippen LogP contribution in [0.4, 0.5) is 13.2 Å².